The van der Waals surface area contributed by atoms with Gasteiger partial charge in [-0.1, -0.05) is 13.3 Å². The van der Waals surface area contributed by atoms with Crippen molar-refractivity contribution in [2.45, 2.75) is 32.4 Å². The molecule has 0 unspecified atom stereocenters. The molecular formula is C12H22N4O2S. The van der Waals surface area contributed by atoms with Crippen LogP contribution in [0.2, 0.25) is 0 Å². The smallest absolute Gasteiger partial charge is 0.211 e. The predicted molar refractivity (Wildman–Crippen MR) is 74.0 cm³/mol. The van der Waals surface area contributed by atoms with Gasteiger partial charge in [-0.2, -0.15) is 0 Å². The van der Waals surface area contributed by atoms with Gasteiger partial charge in [0.2, 0.25) is 10.0 Å². The number of hydrogen-bond acceptors (Lipinski definition) is 4. The van der Waals surface area contributed by atoms with E-state index in [4.69, 9.17) is 0 Å². The third kappa shape index (κ3) is 3.77. The Balaban J connectivity index is 1.92. The molecule has 2 heterocycles. The Kier molecular flexibility index (Phi) is 4.59. The number of nitrogens with one attached hydrogen (secondary N) is 2. The maximum Gasteiger partial charge on any atom is 0.211 e. The van der Waals surface area contributed by atoms with Crippen molar-refractivity contribution >= 4 is 10.0 Å². The number of rotatable bonds is 5. The average molecular weight is 286 g/mol. The number of aromatic nitrogens is 2. The number of piperidine rings is 1. The van der Waals surface area contributed by atoms with Gasteiger partial charge in [-0.15, -0.1) is 0 Å². The maximum absolute atomic E-state index is 11.6. The van der Waals surface area contributed by atoms with Gasteiger partial charge in [-0.3, -0.25) is 0 Å². The highest BCUT2D eigenvalue weighted by atomic mass is 32.2. The second kappa shape index (κ2) is 6.02. The van der Waals surface area contributed by atoms with Gasteiger partial charge in [0, 0.05) is 37.6 Å². The molecule has 0 aliphatic carbocycles. The largest absolute Gasteiger partial charge is 0.347 e. The van der Waals surface area contributed by atoms with Crippen molar-refractivity contribution in [2.75, 3.05) is 19.3 Å². The molecule has 0 amide bonds. The van der Waals surface area contributed by atoms with Crippen LogP contribution in [0, 0.1) is 5.92 Å². The van der Waals surface area contributed by atoms with Crippen LogP contribution >= 0.6 is 0 Å². The first-order chi connectivity index (χ1) is 9.00. The normalized spacial score (nSPS) is 25.6. The summed E-state index contributed by atoms with van der Waals surface area (Å²) in [6.45, 7) is 4.09. The molecule has 19 heavy (non-hydrogen) atoms. The minimum atomic E-state index is -3.06. The van der Waals surface area contributed by atoms with Crippen LogP contribution in [0.25, 0.3) is 0 Å². The van der Waals surface area contributed by atoms with E-state index in [2.05, 4.69) is 22.2 Å². The fourth-order valence-electron chi connectivity index (χ4n) is 2.60. The molecule has 1 aliphatic rings. The van der Waals surface area contributed by atoms with Crippen molar-refractivity contribution in [3.8, 4) is 0 Å². The second-order valence-corrected chi connectivity index (χ2v) is 7.12. The van der Waals surface area contributed by atoms with Crippen LogP contribution < -0.4 is 5.32 Å². The molecule has 2 N–H and O–H groups in total. The Morgan fingerprint density at radius 2 is 2.37 bits per heavy atom. The van der Waals surface area contributed by atoms with E-state index in [1.807, 2.05) is 0 Å². The van der Waals surface area contributed by atoms with Gasteiger partial charge in [-0.05, 0) is 12.3 Å². The SMILES string of the molecule is CC[C@H]1CN(S(C)(=O)=O)CC[C@H]1NCc1cnc[nH]1. The summed E-state index contributed by atoms with van der Waals surface area (Å²) in [5.41, 5.74) is 1.06. The van der Waals surface area contributed by atoms with Gasteiger partial charge >= 0.3 is 0 Å². The van der Waals surface area contributed by atoms with Gasteiger partial charge in [0.25, 0.3) is 0 Å². The van der Waals surface area contributed by atoms with Crippen molar-refractivity contribution in [3.05, 3.63) is 18.2 Å². The molecule has 1 aromatic rings. The van der Waals surface area contributed by atoms with E-state index in [-0.39, 0.29) is 0 Å². The van der Waals surface area contributed by atoms with Gasteiger partial charge in [-0.25, -0.2) is 17.7 Å². The number of sulfonamides is 1. The standard InChI is InChI=1S/C12H22N4O2S/c1-3-10-8-16(19(2,17)18)5-4-12(10)14-7-11-6-13-9-15-11/h6,9-10,12,14H,3-5,7-8H2,1-2H3,(H,13,15)/t10-,12+/m0/s1. The van der Waals surface area contributed by atoms with Crippen molar-refractivity contribution in [2.24, 2.45) is 5.92 Å². The molecule has 1 fully saturated rings. The van der Waals surface area contributed by atoms with Crippen molar-refractivity contribution < 1.29 is 8.42 Å². The third-order valence-corrected chi connectivity index (χ3v) is 5.07. The van der Waals surface area contributed by atoms with Crippen LogP contribution in [0.4, 0.5) is 0 Å². The van der Waals surface area contributed by atoms with Gasteiger partial charge in [0.05, 0.1) is 12.6 Å². The van der Waals surface area contributed by atoms with Gasteiger partial charge in [0.1, 0.15) is 0 Å². The second-order valence-electron chi connectivity index (χ2n) is 5.14. The lowest BCUT2D eigenvalue weighted by Crippen LogP contribution is -2.50. The third-order valence-electron chi connectivity index (χ3n) is 3.80. The van der Waals surface area contributed by atoms with Crippen molar-refractivity contribution in [1.82, 2.24) is 19.6 Å². The van der Waals surface area contributed by atoms with Crippen molar-refractivity contribution in [3.63, 3.8) is 0 Å². The zero-order valence-corrected chi connectivity index (χ0v) is 12.3. The van der Waals surface area contributed by atoms with E-state index < -0.39 is 10.0 Å². The Labute approximate surface area is 114 Å². The summed E-state index contributed by atoms with van der Waals surface area (Å²) in [5, 5.41) is 3.50. The predicted octanol–water partition coefficient (Wildman–Crippen LogP) is 0.559. The lowest BCUT2D eigenvalue weighted by atomic mass is 9.91. The molecule has 1 aromatic heterocycles. The molecule has 0 radical (unpaired) electrons. The number of imidazole rings is 1. The van der Waals surface area contributed by atoms with Crippen LogP contribution in [0.3, 0.4) is 0 Å². The molecule has 1 saturated heterocycles. The average Bonchev–Trinajstić information content (AvgIpc) is 2.88. The number of nitrogens with zero attached hydrogens (tertiary/aromatic N) is 2. The Morgan fingerprint density at radius 1 is 1.58 bits per heavy atom. The highest BCUT2D eigenvalue weighted by Gasteiger charge is 2.31. The molecule has 0 saturated carbocycles. The molecular weight excluding hydrogens is 264 g/mol. The Hall–Kier alpha value is -0.920. The Bertz CT molecular complexity index is 486. The fourth-order valence-corrected chi connectivity index (χ4v) is 3.50. The first-order valence-corrected chi connectivity index (χ1v) is 8.51. The molecule has 0 bridgehead atoms. The number of aromatic amines is 1. The zero-order valence-electron chi connectivity index (χ0n) is 11.5. The van der Waals surface area contributed by atoms with E-state index in [1.54, 1.807) is 16.8 Å². The van der Waals surface area contributed by atoms with E-state index >= 15 is 0 Å². The summed E-state index contributed by atoms with van der Waals surface area (Å²) in [6.07, 6.45) is 6.60. The summed E-state index contributed by atoms with van der Waals surface area (Å²) >= 11 is 0. The first kappa shape index (κ1) is 14.5. The van der Waals surface area contributed by atoms with E-state index in [0.29, 0.717) is 25.0 Å². The van der Waals surface area contributed by atoms with Crippen LogP contribution in [-0.2, 0) is 16.6 Å². The zero-order chi connectivity index (χ0) is 13.9. The van der Waals surface area contributed by atoms with Crippen LogP contribution in [0.1, 0.15) is 25.5 Å². The monoisotopic (exact) mass is 286 g/mol. The number of hydrogen-bond donors (Lipinski definition) is 2. The molecule has 7 heteroatoms. The van der Waals surface area contributed by atoms with Crippen LogP contribution in [0.15, 0.2) is 12.5 Å². The van der Waals surface area contributed by atoms with Crippen molar-refractivity contribution in [1.29, 1.82) is 0 Å². The molecule has 2 atom stereocenters. The van der Waals surface area contributed by atoms with E-state index in [0.717, 1.165) is 25.1 Å². The fraction of sp³-hybridized carbons (Fsp3) is 0.750. The summed E-state index contributed by atoms with van der Waals surface area (Å²) in [7, 11) is -3.06. The lowest BCUT2D eigenvalue weighted by molar-refractivity contribution is 0.201. The first-order valence-electron chi connectivity index (χ1n) is 6.66. The Morgan fingerprint density at radius 3 is 2.95 bits per heavy atom. The molecule has 0 aromatic carbocycles. The maximum atomic E-state index is 11.6. The quantitative estimate of drug-likeness (QED) is 0.829. The van der Waals surface area contributed by atoms with Crippen LogP contribution in [0.5, 0.6) is 0 Å². The van der Waals surface area contributed by atoms with E-state index in [1.165, 1.54) is 6.26 Å². The topological polar surface area (TPSA) is 78.1 Å². The molecule has 6 nitrogen and oxygen atoms in total. The van der Waals surface area contributed by atoms with E-state index in [9.17, 15) is 8.42 Å². The highest BCUT2D eigenvalue weighted by Crippen LogP contribution is 2.22. The van der Waals surface area contributed by atoms with Gasteiger partial charge in [0.15, 0.2) is 0 Å². The summed E-state index contributed by atoms with van der Waals surface area (Å²) in [5.74, 6) is 0.367. The highest BCUT2D eigenvalue weighted by molar-refractivity contribution is 7.88. The van der Waals surface area contributed by atoms with Crippen LogP contribution in [-0.4, -0.2) is 48.1 Å². The molecule has 0 spiro atoms. The lowest BCUT2D eigenvalue weighted by Gasteiger charge is -2.37. The summed E-state index contributed by atoms with van der Waals surface area (Å²) < 4.78 is 24.8. The minimum Gasteiger partial charge on any atom is -0.347 e. The molecule has 108 valence electrons. The number of H-pyrrole nitrogens is 1. The summed E-state index contributed by atoms with van der Waals surface area (Å²) in [6, 6.07) is 0.367. The molecule has 2 rings (SSSR count). The minimum absolute atomic E-state index is 0.367. The van der Waals surface area contributed by atoms with Gasteiger partial charge < -0.3 is 10.3 Å². The summed E-state index contributed by atoms with van der Waals surface area (Å²) in [4.78, 5) is 7.05. The molecule has 1 aliphatic heterocycles.